The lowest BCUT2D eigenvalue weighted by molar-refractivity contribution is -0.140. The number of hydrogen-bond donors (Lipinski definition) is 3. The Labute approximate surface area is 391 Å². The van der Waals surface area contributed by atoms with Crippen molar-refractivity contribution in [3.05, 3.63) is 120 Å². The van der Waals surface area contributed by atoms with Crippen molar-refractivity contribution in [3.63, 3.8) is 0 Å². The number of likely N-dealkylation sites (N-methyl/N-ethyl adjacent to an activating group) is 1. The van der Waals surface area contributed by atoms with Crippen LogP contribution in [0, 0.1) is 25.7 Å². The number of nitrogens with one attached hydrogen (secondary N) is 2. The number of nitrogens with zero attached hydrogens (tertiary/aromatic N) is 5. The van der Waals surface area contributed by atoms with E-state index >= 15 is 0 Å². The number of para-hydroxylation sites is 1. The summed E-state index contributed by atoms with van der Waals surface area (Å²) in [5.74, 6) is 6.89. The van der Waals surface area contributed by atoms with Gasteiger partial charge in [0, 0.05) is 46.7 Å². The van der Waals surface area contributed by atoms with Crippen LogP contribution < -0.4 is 21.1 Å². The van der Waals surface area contributed by atoms with Crippen LogP contribution in [0.25, 0.3) is 33.1 Å². The maximum absolute atomic E-state index is 13.2. The van der Waals surface area contributed by atoms with E-state index in [0.717, 1.165) is 49.6 Å². The van der Waals surface area contributed by atoms with Gasteiger partial charge in [0.15, 0.2) is 6.61 Å². The topological polar surface area (TPSA) is 156 Å². The number of ether oxygens (including phenoxy) is 4. The lowest BCUT2D eigenvalue weighted by Crippen LogP contribution is -2.31. The normalized spacial score (nSPS) is 11.6. The van der Waals surface area contributed by atoms with Crippen LogP contribution in [0.1, 0.15) is 22.7 Å². The molecule has 0 saturated heterocycles. The number of benzene rings is 4. The number of carbonyl (C=O) groups is 1. The van der Waals surface area contributed by atoms with Crippen molar-refractivity contribution in [2.75, 3.05) is 84.0 Å². The molecule has 18 heteroatoms. The summed E-state index contributed by atoms with van der Waals surface area (Å²) < 4.78 is 73.1. The van der Waals surface area contributed by atoms with Crippen LogP contribution in [0.2, 0.25) is 0 Å². The van der Waals surface area contributed by atoms with Gasteiger partial charge in [-0.15, -0.1) is 0 Å². The van der Waals surface area contributed by atoms with Crippen molar-refractivity contribution in [2.45, 2.75) is 38.0 Å². The molecule has 0 fully saturated rings. The molecule has 4 N–H and O–H groups in total. The van der Waals surface area contributed by atoms with Crippen LogP contribution in [-0.2, 0) is 32.1 Å². The Balaban J connectivity index is 0.701. The number of rotatable bonds is 23. The first-order chi connectivity index (χ1) is 32.4. The lowest BCUT2D eigenvalue weighted by atomic mass is 10.0. The van der Waals surface area contributed by atoms with Gasteiger partial charge < -0.3 is 49.0 Å². The summed E-state index contributed by atoms with van der Waals surface area (Å²) in [6, 6.07) is 28.0. The van der Waals surface area contributed by atoms with Gasteiger partial charge in [-0.05, 0) is 111 Å². The second kappa shape index (κ2) is 23.3. The zero-order chi connectivity index (χ0) is 47.2. The van der Waals surface area contributed by atoms with Crippen molar-refractivity contribution in [1.29, 1.82) is 0 Å². The zero-order valence-corrected chi connectivity index (χ0v) is 38.3. The molecule has 7 rings (SSSR count). The fourth-order valence-corrected chi connectivity index (χ4v) is 8.07. The number of aromatic nitrogens is 4. The Hall–Kier alpha value is -6.49. The molecule has 352 valence electrons. The smallest absolute Gasteiger partial charge is 0.406 e. The van der Waals surface area contributed by atoms with Crippen LogP contribution >= 0.6 is 11.9 Å². The highest BCUT2D eigenvalue weighted by molar-refractivity contribution is 7.97. The Bertz CT molecular complexity index is 2780. The number of amides is 1. The number of imidazole rings is 1. The van der Waals surface area contributed by atoms with E-state index < -0.39 is 12.7 Å². The number of hydrogen-bond acceptors (Lipinski definition) is 12. The highest BCUT2D eigenvalue weighted by Crippen LogP contribution is 2.33. The molecule has 0 aliphatic heterocycles. The molecule has 1 amide bonds. The van der Waals surface area contributed by atoms with Crippen LogP contribution in [0.5, 0.6) is 5.75 Å². The third-order valence-corrected chi connectivity index (χ3v) is 11.4. The molecule has 0 unspecified atom stereocenters. The van der Waals surface area contributed by atoms with Gasteiger partial charge in [0.1, 0.15) is 23.6 Å². The van der Waals surface area contributed by atoms with Crippen molar-refractivity contribution < 1.29 is 41.4 Å². The molecule has 0 spiro atoms. The molecule has 0 radical (unpaired) electrons. The molecular weight excluding hydrogens is 886 g/mol. The van der Waals surface area contributed by atoms with Gasteiger partial charge in [0.25, 0.3) is 5.91 Å². The quantitative estimate of drug-likeness (QED) is 0.0246. The summed E-state index contributed by atoms with van der Waals surface area (Å²) in [4.78, 5) is 18.0. The summed E-state index contributed by atoms with van der Waals surface area (Å²) in [5.41, 5.74) is 13.8. The Kier molecular flexibility index (Phi) is 16.8. The second-order valence-corrected chi connectivity index (χ2v) is 16.8. The standard InChI is InChI=1S/C49H53F3N8O6S/c1-34-47(35(2)66-57-34)38-28-43(53)48-45(29-38)59(33-56-48)30-36-8-6-11-41(26-36)65-31-46(61)55-18-20-62-22-24-64-25-23-63-21-19-58(3)67-42-15-13-39(14-16-42)54-17-7-10-40-27-37-9-4-5-12-44(37)60(40)32-49(50,51)52/h4-6,8-9,11-16,26-29,33,54H,17-25,30-32,53H2,1-3H3,(H,55,61). The van der Waals surface area contributed by atoms with E-state index in [1.165, 1.54) is 4.57 Å². The summed E-state index contributed by atoms with van der Waals surface area (Å²) in [7, 11) is 1.98. The molecule has 3 aromatic heterocycles. The fraction of sp³-hybridized carbons (Fsp3) is 0.327. The van der Waals surface area contributed by atoms with E-state index in [9.17, 15) is 18.0 Å². The van der Waals surface area contributed by atoms with Crippen molar-refractivity contribution in [3.8, 4) is 28.7 Å². The van der Waals surface area contributed by atoms with Gasteiger partial charge >= 0.3 is 6.18 Å². The van der Waals surface area contributed by atoms with E-state index in [4.69, 9.17) is 29.2 Å². The molecule has 0 atom stereocenters. The van der Waals surface area contributed by atoms with Gasteiger partial charge in [0.05, 0.1) is 75.1 Å². The monoisotopic (exact) mass is 938 g/mol. The van der Waals surface area contributed by atoms with Crippen molar-refractivity contribution in [2.24, 2.45) is 0 Å². The van der Waals surface area contributed by atoms with E-state index in [0.29, 0.717) is 87.4 Å². The minimum Gasteiger partial charge on any atom is -0.484 e. The molecule has 4 aromatic carbocycles. The third-order valence-electron chi connectivity index (χ3n) is 10.4. The van der Waals surface area contributed by atoms with Crippen LogP contribution in [-0.4, -0.2) is 109 Å². The predicted octanol–water partition coefficient (Wildman–Crippen LogP) is 8.10. The molecule has 0 saturated carbocycles. The first kappa shape index (κ1) is 48.4. The van der Waals surface area contributed by atoms with Gasteiger partial charge in [-0.25, -0.2) is 9.29 Å². The molecular formula is C49H53F3N8O6S. The summed E-state index contributed by atoms with van der Waals surface area (Å²) in [6.07, 6.45) is -2.59. The number of anilines is 2. The average Bonchev–Trinajstić information content (AvgIpc) is 3.98. The van der Waals surface area contributed by atoms with Gasteiger partial charge in [-0.2, -0.15) is 13.2 Å². The van der Waals surface area contributed by atoms with Crippen LogP contribution in [0.4, 0.5) is 24.5 Å². The number of alkyl halides is 3. The Morgan fingerprint density at radius 2 is 1.67 bits per heavy atom. The number of carbonyl (C=O) groups excluding carboxylic acids is 1. The predicted molar refractivity (Wildman–Crippen MR) is 254 cm³/mol. The largest absolute Gasteiger partial charge is 0.484 e. The van der Waals surface area contributed by atoms with Gasteiger partial charge in [-0.3, -0.25) is 4.79 Å². The third kappa shape index (κ3) is 14.0. The van der Waals surface area contributed by atoms with E-state index in [2.05, 4.69) is 36.9 Å². The maximum atomic E-state index is 13.2. The number of nitrogens with two attached hydrogens (primary N) is 1. The fourth-order valence-electron chi connectivity index (χ4n) is 7.29. The zero-order valence-electron chi connectivity index (χ0n) is 37.5. The Morgan fingerprint density at radius 3 is 2.43 bits per heavy atom. The SMILES string of the molecule is Cc1noc(C)c1-c1cc(N)c2ncn(Cc3cccc(OCC(=O)NCCOCCOCCOCCN(C)Sc4ccc(NCC#Cc5cc6ccccc6n5CC(F)(F)F)cc4)c3)c2c1. The molecule has 3 heterocycles. The minimum atomic E-state index is -4.35. The first-order valence-electron chi connectivity index (χ1n) is 21.7. The lowest BCUT2D eigenvalue weighted by Gasteiger charge is -2.16. The molecule has 14 nitrogen and oxygen atoms in total. The average molecular weight is 939 g/mol. The summed E-state index contributed by atoms with van der Waals surface area (Å²) in [6.45, 7) is 6.94. The van der Waals surface area contributed by atoms with Gasteiger partial charge in [-0.1, -0.05) is 41.4 Å². The number of fused-ring (bicyclic) bond motifs is 2. The Morgan fingerprint density at radius 1 is 0.910 bits per heavy atom. The maximum Gasteiger partial charge on any atom is 0.406 e. The highest BCUT2D eigenvalue weighted by atomic mass is 32.2. The number of nitrogen functional groups attached to an aromatic ring is 1. The summed E-state index contributed by atoms with van der Waals surface area (Å²) >= 11 is 1.59. The number of halogens is 3. The molecule has 67 heavy (non-hydrogen) atoms. The highest BCUT2D eigenvalue weighted by Gasteiger charge is 2.29. The molecule has 0 bridgehead atoms. The van der Waals surface area contributed by atoms with Crippen molar-refractivity contribution in [1.82, 2.24) is 28.9 Å². The molecule has 0 aliphatic rings. The van der Waals surface area contributed by atoms with Crippen molar-refractivity contribution >= 4 is 51.2 Å². The van der Waals surface area contributed by atoms with E-state index in [1.807, 2.05) is 86.1 Å². The molecule has 0 aliphatic carbocycles. The van der Waals surface area contributed by atoms with Crippen LogP contribution in [0.15, 0.2) is 107 Å². The summed E-state index contributed by atoms with van der Waals surface area (Å²) in [5, 5.41) is 10.8. The molecule has 7 aromatic rings. The number of aryl methyl sites for hydroxylation is 2. The first-order valence-corrected chi connectivity index (χ1v) is 22.4. The minimum absolute atomic E-state index is 0.131. The second-order valence-electron chi connectivity index (χ2n) is 15.5. The van der Waals surface area contributed by atoms with E-state index in [1.54, 1.807) is 48.6 Å². The van der Waals surface area contributed by atoms with Gasteiger partial charge in [0.2, 0.25) is 0 Å². The van der Waals surface area contributed by atoms with E-state index in [-0.39, 0.29) is 19.1 Å². The van der Waals surface area contributed by atoms with Crippen LogP contribution in [0.3, 0.4) is 0 Å².